The van der Waals surface area contributed by atoms with Gasteiger partial charge in [0.15, 0.2) is 0 Å². The standard InChI is InChI=1S/C18H29NO/c1-6-19-17-16(8-7-11-18(17,4)5)20-15-10-9-13(2)12-14(15)3/h9-10,12,16-17,19H,6-8,11H2,1-5H3. The molecule has 0 radical (unpaired) electrons. The lowest BCUT2D eigenvalue weighted by Crippen LogP contribution is -2.54. The van der Waals surface area contributed by atoms with E-state index in [4.69, 9.17) is 4.74 Å². The van der Waals surface area contributed by atoms with Crippen molar-refractivity contribution in [2.24, 2.45) is 5.41 Å². The van der Waals surface area contributed by atoms with Crippen molar-refractivity contribution in [3.05, 3.63) is 29.3 Å². The van der Waals surface area contributed by atoms with Crippen molar-refractivity contribution in [1.82, 2.24) is 5.32 Å². The van der Waals surface area contributed by atoms with Gasteiger partial charge in [0.05, 0.1) is 0 Å². The highest BCUT2D eigenvalue weighted by Gasteiger charge is 2.39. The second-order valence-electron chi connectivity index (χ2n) is 6.84. The zero-order valence-electron chi connectivity index (χ0n) is 13.6. The molecule has 2 nitrogen and oxygen atoms in total. The highest BCUT2D eigenvalue weighted by Crippen LogP contribution is 2.37. The summed E-state index contributed by atoms with van der Waals surface area (Å²) in [6.45, 7) is 12.2. The normalized spacial score (nSPS) is 25.4. The highest BCUT2D eigenvalue weighted by atomic mass is 16.5. The highest BCUT2D eigenvalue weighted by molar-refractivity contribution is 5.36. The maximum Gasteiger partial charge on any atom is 0.122 e. The number of likely N-dealkylation sites (N-methyl/N-ethyl adjacent to an activating group) is 1. The lowest BCUT2D eigenvalue weighted by molar-refractivity contribution is 0.0368. The molecule has 2 heteroatoms. The number of aryl methyl sites for hydroxylation is 2. The van der Waals surface area contributed by atoms with Gasteiger partial charge < -0.3 is 10.1 Å². The van der Waals surface area contributed by atoms with E-state index in [2.05, 4.69) is 58.1 Å². The Kier molecular flexibility index (Phi) is 4.74. The first-order valence-corrected chi connectivity index (χ1v) is 7.91. The smallest absolute Gasteiger partial charge is 0.122 e. The van der Waals surface area contributed by atoms with Crippen LogP contribution in [-0.2, 0) is 0 Å². The number of nitrogens with one attached hydrogen (secondary N) is 1. The van der Waals surface area contributed by atoms with Gasteiger partial charge in [-0.1, -0.05) is 38.5 Å². The van der Waals surface area contributed by atoms with Gasteiger partial charge in [-0.2, -0.15) is 0 Å². The van der Waals surface area contributed by atoms with Crippen LogP contribution in [0.5, 0.6) is 5.75 Å². The van der Waals surface area contributed by atoms with Crippen LogP contribution in [0.2, 0.25) is 0 Å². The van der Waals surface area contributed by atoms with Gasteiger partial charge >= 0.3 is 0 Å². The summed E-state index contributed by atoms with van der Waals surface area (Å²) in [4.78, 5) is 0. The van der Waals surface area contributed by atoms with Crippen molar-refractivity contribution in [2.75, 3.05) is 6.54 Å². The maximum atomic E-state index is 6.38. The zero-order chi connectivity index (χ0) is 14.8. The molecule has 1 aromatic rings. The largest absolute Gasteiger partial charge is 0.489 e. The molecular formula is C18H29NO. The SMILES string of the molecule is CCNC1C(Oc2ccc(C)cc2C)CCCC1(C)C. The number of hydrogen-bond donors (Lipinski definition) is 1. The predicted molar refractivity (Wildman–Crippen MR) is 85.4 cm³/mol. The van der Waals surface area contributed by atoms with E-state index in [1.54, 1.807) is 0 Å². The van der Waals surface area contributed by atoms with E-state index in [1.807, 2.05) is 0 Å². The third-order valence-corrected chi connectivity index (χ3v) is 4.56. The molecule has 1 aromatic carbocycles. The zero-order valence-corrected chi connectivity index (χ0v) is 13.6. The molecule has 1 aliphatic rings. The number of hydrogen-bond acceptors (Lipinski definition) is 2. The Morgan fingerprint density at radius 3 is 2.70 bits per heavy atom. The first-order valence-electron chi connectivity index (χ1n) is 7.91. The van der Waals surface area contributed by atoms with E-state index in [9.17, 15) is 0 Å². The van der Waals surface area contributed by atoms with E-state index in [-0.39, 0.29) is 6.10 Å². The fraction of sp³-hybridized carbons (Fsp3) is 0.667. The fourth-order valence-electron chi connectivity index (χ4n) is 3.43. The molecule has 1 N–H and O–H groups in total. The summed E-state index contributed by atoms with van der Waals surface area (Å²) in [5.41, 5.74) is 2.84. The Labute approximate surface area is 123 Å². The van der Waals surface area contributed by atoms with Gasteiger partial charge in [0.2, 0.25) is 0 Å². The van der Waals surface area contributed by atoms with Crippen molar-refractivity contribution >= 4 is 0 Å². The molecule has 20 heavy (non-hydrogen) atoms. The molecule has 0 heterocycles. The summed E-state index contributed by atoms with van der Waals surface area (Å²) in [6, 6.07) is 6.89. The molecule has 0 bridgehead atoms. The summed E-state index contributed by atoms with van der Waals surface area (Å²) in [5.74, 6) is 1.04. The van der Waals surface area contributed by atoms with Gasteiger partial charge in [0, 0.05) is 6.04 Å². The van der Waals surface area contributed by atoms with Crippen LogP contribution in [0.3, 0.4) is 0 Å². The second-order valence-corrected chi connectivity index (χ2v) is 6.84. The van der Waals surface area contributed by atoms with Gasteiger partial charge in [0.25, 0.3) is 0 Å². The predicted octanol–water partition coefficient (Wildman–Crippen LogP) is 4.24. The first-order chi connectivity index (χ1) is 9.44. The number of benzene rings is 1. The molecule has 1 aliphatic carbocycles. The summed E-state index contributed by atoms with van der Waals surface area (Å²) < 4.78 is 6.38. The lowest BCUT2D eigenvalue weighted by atomic mass is 9.71. The summed E-state index contributed by atoms with van der Waals surface area (Å²) in [6.07, 6.45) is 3.95. The molecule has 0 amide bonds. The second kappa shape index (κ2) is 6.17. The van der Waals surface area contributed by atoms with Crippen molar-refractivity contribution in [1.29, 1.82) is 0 Å². The molecule has 0 saturated heterocycles. The molecule has 2 unspecified atom stereocenters. The van der Waals surface area contributed by atoms with E-state index in [0.717, 1.165) is 18.7 Å². The van der Waals surface area contributed by atoms with Gasteiger partial charge in [-0.05, 0) is 56.7 Å². The molecule has 0 spiro atoms. The van der Waals surface area contributed by atoms with Crippen molar-refractivity contribution in [3.8, 4) is 5.75 Å². The average Bonchev–Trinajstić information content (AvgIpc) is 2.36. The van der Waals surface area contributed by atoms with Crippen molar-refractivity contribution in [3.63, 3.8) is 0 Å². The van der Waals surface area contributed by atoms with Crippen molar-refractivity contribution < 1.29 is 4.74 Å². The molecule has 0 aromatic heterocycles. The van der Waals surface area contributed by atoms with Crippen LogP contribution in [0.15, 0.2) is 18.2 Å². The molecule has 0 aliphatic heterocycles. The topological polar surface area (TPSA) is 21.3 Å². The van der Waals surface area contributed by atoms with Crippen LogP contribution in [0, 0.1) is 19.3 Å². The Morgan fingerprint density at radius 1 is 1.30 bits per heavy atom. The minimum atomic E-state index is 0.278. The van der Waals surface area contributed by atoms with Gasteiger partial charge in [-0.15, -0.1) is 0 Å². The third kappa shape index (κ3) is 3.35. The van der Waals surface area contributed by atoms with Crippen molar-refractivity contribution in [2.45, 2.75) is 66.0 Å². The lowest BCUT2D eigenvalue weighted by Gasteiger charge is -2.44. The van der Waals surface area contributed by atoms with E-state index < -0.39 is 0 Å². The van der Waals surface area contributed by atoms with E-state index in [1.165, 1.54) is 24.0 Å². The third-order valence-electron chi connectivity index (χ3n) is 4.56. The van der Waals surface area contributed by atoms with Crippen LogP contribution in [0.4, 0.5) is 0 Å². The molecule has 112 valence electrons. The quantitative estimate of drug-likeness (QED) is 0.887. The summed E-state index contributed by atoms with van der Waals surface area (Å²) >= 11 is 0. The molecular weight excluding hydrogens is 246 g/mol. The Balaban J connectivity index is 2.17. The van der Waals surface area contributed by atoms with Gasteiger partial charge in [0.1, 0.15) is 11.9 Å². The maximum absolute atomic E-state index is 6.38. The van der Waals surface area contributed by atoms with Crippen LogP contribution in [0.1, 0.15) is 51.2 Å². The number of rotatable bonds is 4. The van der Waals surface area contributed by atoms with Gasteiger partial charge in [-0.25, -0.2) is 0 Å². The minimum absolute atomic E-state index is 0.278. The summed E-state index contributed by atoms with van der Waals surface area (Å²) in [7, 11) is 0. The van der Waals surface area contributed by atoms with Crippen LogP contribution < -0.4 is 10.1 Å². The van der Waals surface area contributed by atoms with Gasteiger partial charge in [-0.3, -0.25) is 0 Å². The molecule has 1 fully saturated rings. The van der Waals surface area contributed by atoms with E-state index >= 15 is 0 Å². The van der Waals surface area contributed by atoms with E-state index in [0.29, 0.717) is 11.5 Å². The Hall–Kier alpha value is -1.02. The molecule has 2 atom stereocenters. The monoisotopic (exact) mass is 275 g/mol. The fourth-order valence-corrected chi connectivity index (χ4v) is 3.43. The molecule has 1 saturated carbocycles. The Bertz CT molecular complexity index is 453. The van der Waals surface area contributed by atoms with Crippen LogP contribution in [0.25, 0.3) is 0 Å². The first kappa shape index (κ1) is 15.4. The average molecular weight is 275 g/mol. The van der Waals surface area contributed by atoms with Crippen LogP contribution in [-0.4, -0.2) is 18.7 Å². The van der Waals surface area contributed by atoms with Crippen LogP contribution >= 0.6 is 0 Å². The minimum Gasteiger partial charge on any atom is -0.489 e. The molecule has 2 rings (SSSR count). The Morgan fingerprint density at radius 2 is 2.05 bits per heavy atom. The number of ether oxygens (including phenoxy) is 1. The summed E-state index contributed by atoms with van der Waals surface area (Å²) in [5, 5.41) is 3.65.